The van der Waals surface area contributed by atoms with E-state index in [0.29, 0.717) is 6.54 Å². The number of likely N-dealkylation sites (N-methyl/N-ethyl adjacent to an activating group) is 1. The lowest BCUT2D eigenvalue weighted by Gasteiger charge is -2.18. The second-order valence-corrected chi connectivity index (χ2v) is 6.56. The predicted molar refractivity (Wildman–Crippen MR) is 101 cm³/mol. The van der Waals surface area contributed by atoms with Crippen LogP contribution in [0.5, 0.6) is 0 Å². The Labute approximate surface area is 152 Å². The highest BCUT2D eigenvalue weighted by atomic mass is 79.9. The highest BCUT2D eigenvalue weighted by Gasteiger charge is 2.04. The molecule has 0 heterocycles. The van der Waals surface area contributed by atoms with Crippen LogP contribution in [-0.2, 0) is 11.3 Å². The van der Waals surface area contributed by atoms with Crippen molar-refractivity contribution in [3.63, 3.8) is 0 Å². The molecule has 1 aromatic rings. The molecule has 0 saturated carbocycles. The third-order valence-electron chi connectivity index (χ3n) is 3.36. The van der Waals surface area contributed by atoms with Gasteiger partial charge in [-0.05, 0) is 31.2 Å². The molecule has 0 unspecified atom stereocenters. The second kappa shape index (κ2) is 11.7. The number of aliphatic imine (C=N–C) groups is 1. The maximum Gasteiger partial charge on any atom is 0.191 e. The van der Waals surface area contributed by atoms with Gasteiger partial charge in [0, 0.05) is 56.4 Å². The molecule has 0 aromatic heterocycles. The van der Waals surface area contributed by atoms with E-state index in [2.05, 4.69) is 43.5 Å². The van der Waals surface area contributed by atoms with Crippen molar-refractivity contribution in [1.29, 1.82) is 0 Å². The van der Waals surface area contributed by atoms with Gasteiger partial charge in [-0.2, -0.15) is 0 Å². The minimum atomic E-state index is 0.634. The van der Waals surface area contributed by atoms with E-state index in [-0.39, 0.29) is 0 Å². The Kier molecular flexibility index (Phi) is 10.3. The highest BCUT2D eigenvalue weighted by molar-refractivity contribution is 9.10. The van der Waals surface area contributed by atoms with Crippen LogP contribution in [0.2, 0.25) is 5.02 Å². The van der Waals surface area contributed by atoms with Crippen LogP contribution in [-0.4, -0.2) is 58.3 Å². The van der Waals surface area contributed by atoms with E-state index in [9.17, 15) is 0 Å². The SMILES string of the molecule is CN=C(NCCN(C)CCCOC)NCc1ccc(Br)cc1Cl. The summed E-state index contributed by atoms with van der Waals surface area (Å²) in [5, 5.41) is 7.31. The number of hydrogen-bond donors (Lipinski definition) is 2. The van der Waals surface area contributed by atoms with Crippen LogP contribution in [0.25, 0.3) is 0 Å². The number of halogens is 2. The van der Waals surface area contributed by atoms with Gasteiger partial charge in [0.25, 0.3) is 0 Å². The third-order valence-corrected chi connectivity index (χ3v) is 4.20. The Bertz CT molecular complexity index is 499. The van der Waals surface area contributed by atoms with Crippen molar-refractivity contribution in [2.45, 2.75) is 13.0 Å². The molecule has 0 aliphatic carbocycles. The van der Waals surface area contributed by atoms with E-state index in [1.807, 2.05) is 18.2 Å². The standard InChI is InChI=1S/C16H26BrClN4O/c1-19-16(20-7-9-22(2)8-4-10-23-3)21-12-13-5-6-14(17)11-15(13)18/h5-6,11H,4,7-10,12H2,1-3H3,(H2,19,20,21). The molecule has 7 heteroatoms. The van der Waals surface area contributed by atoms with Crippen molar-refractivity contribution < 1.29 is 4.74 Å². The summed E-state index contributed by atoms with van der Waals surface area (Å²) in [6.45, 7) is 4.24. The van der Waals surface area contributed by atoms with Crippen molar-refractivity contribution in [2.75, 3.05) is 47.4 Å². The second-order valence-electron chi connectivity index (χ2n) is 5.24. The summed E-state index contributed by atoms with van der Waals surface area (Å²) in [6.07, 6.45) is 1.04. The van der Waals surface area contributed by atoms with Crippen LogP contribution >= 0.6 is 27.5 Å². The van der Waals surface area contributed by atoms with Gasteiger partial charge in [0.05, 0.1) is 0 Å². The highest BCUT2D eigenvalue weighted by Crippen LogP contribution is 2.20. The third kappa shape index (κ3) is 8.55. The van der Waals surface area contributed by atoms with E-state index in [1.54, 1.807) is 14.2 Å². The van der Waals surface area contributed by atoms with Gasteiger partial charge in [0.1, 0.15) is 0 Å². The van der Waals surface area contributed by atoms with Gasteiger partial charge in [-0.3, -0.25) is 4.99 Å². The van der Waals surface area contributed by atoms with E-state index in [1.165, 1.54) is 0 Å². The monoisotopic (exact) mass is 404 g/mol. The zero-order chi connectivity index (χ0) is 17.1. The zero-order valence-electron chi connectivity index (χ0n) is 14.0. The lowest BCUT2D eigenvalue weighted by Crippen LogP contribution is -2.40. The van der Waals surface area contributed by atoms with Gasteiger partial charge < -0.3 is 20.3 Å². The maximum absolute atomic E-state index is 6.22. The first kappa shape index (κ1) is 20.2. The van der Waals surface area contributed by atoms with Gasteiger partial charge in [-0.1, -0.05) is 33.6 Å². The zero-order valence-corrected chi connectivity index (χ0v) is 16.4. The Balaban J connectivity index is 2.29. The molecule has 5 nitrogen and oxygen atoms in total. The number of benzene rings is 1. The maximum atomic E-state index is 6.22. The lowest BCUT2D eigenvalue weighted by molar-refractivity contribution is 0.180. The molecule has 0 fully saturated rings. The van der Waals surface area contributed by atoms with Crippen molar-refractivity contribution in [3.05, 3.63) is 33.3 Å². The summed E-state index contributed by atoms with van der Waals surface area (Å²) >= 11 is 9.62. The van der Waals surface area contributed by atoms with Gasteiger partial charge in [0.2, 0.25) is 0 Å². The first-order chi connectivity index (χ1) is 11.1. The largest absolute Gasteiger partial charge is 0.385 e. The lowest BCUT2D eigenvalue weighted by atomic mass is 10.2. The summed E-state index contributed by atoms with van der Waals surface area (Å²) < 4.78 is 6.04. The summed E-state index contributed by atoms with van der Waals surface area (Å²) in [5.74, 6) is 0.772. The quantitative estimate of drug-likeness (QED) is 0.377. The van der Waals surface area contributed by atoms with Crippen molar-refractivity contribution in [3.8, 4) is 0 Å². The topological polar surface area (TPSA) is 48.9 Å². The Morgan fingerprint density at radius 2 is 2.13 bits per heavy atom. The number of nitrogens with one attached hydrogen (secondary N) is 2. The number of methoxy groups -OCH3 is 1. The summed E-state index contributed by atoms with van der Waals surface area (Å²) in [4.78, 5) is 6.49. The van der Waals surface area contributed by atoms with Crippen molar-refractivity contribution in [2.24, 2.45) is 4.99 Å². The predicted octanol–water partition coefficient (Wildman–Crippen LogP) is 2.74. The molecule has 0 radical (unpaired) electrons. The van der Waals surface area contributed by atoms with Crippen LogP contribution in [0.3, 0.4) is 0 Å². The van der Waals surface area contributed by atoms with E-state index in [4.69, 9.17) is 16.3 Å². The number of guanidine groups is 1. The number of ether oxygens (including phenoxy) is 1. The van der Waals surface area contributed by atoms with Crippen LogP contribution in [0.1, 0.15) is 12.0 Å². The molecule has 0 aliphatic heterocycles. The minimum absolute atomic E-state index is 0.634. The molecule has 0 amide bonds. The van der Waals surface area contributed by atoms with Gasteiger partial charge >= 0.3 is 0 Å². The molecule has 0 atom stereocenters. The fourth-order valence-corrected chi connectivity index (χ4v) is 2.76. The fraction of sp³-hybridized carbons (Fsp3) is 0.562. The van der Waals surface area contributed by atoms with E-state index < -0.39 is 0 Å². The van der Waals surface area contributed by atoms with Gasteiger partial charge in [-0.25, -0.2) is 0 Å². The van der Waals surface area contributed by atoms with Crippen LogP contribution in [0.15, 0.2) is 27.7 Å². The molecule has 0 saturated heterocycles. The molecule has 0 bridgehead atoms. The molecule has 0 aliphatic rings. The molecule has 1 rings (SSSR count). The number of nitrogens with zero attached hydrogens (tertiary/aromatic N) is 2. The summed E-state index contributed by atoms with van der Waals surface area (Å²) in [7, 11) is 5.60. The van der Waals surface area contributed by atoms with Crippen LogP contribution in [0, 0.1) is 0 Å². The fourth-order valence-electron chi connectivity index (χ4n) is 2.02. The number of hydrogen-bond acceptors (Lipinski definition) is 3. The van der Waals surface area contributed by atoms with Gasteiger partial charge in [0.15, 0.2) is 5.96 Å². The summed E-state index contributed by atoms with van der Waals surface area (Å²) in [6, 6.07) is 5.87. The number of rotatable bonds is 9. The minimum Gasteiger partial charge on any atom is -0.385 e. The van der Waals surface area contributed by atoms with Crippen molar-refractivity contribution >= 4 is 33.5 Å². The first-order valence-electron chi connectivity index (χ1n) is 7.62. The molecular weight excluding hydrogens is 380 g/mol. The first-order valence-corrected chi connectivity index (χ1v) is 8.80. The molecule has 130 valence electrons. The molecule has 0 spiro atoms. The molecule has 1 aromatic carbocycles. The van der Waals surface area contributed by atoms with Crippen LogP contribution in [0.4, 0.5) is 0 Å². The van der Waals surface area contributed by atoms with Gasteiger partial charge in [-0.15, -0.1) is 0 Å². The average molecular weight is 406 g/mol. The summed E-state index contributed by atoms with van der Waals surface area (Å²) in [5.41, 5.74) is 1.04. The normalized spacial score (nSPS) is 11.8. The Morgan fingerprint density at radius 3 is 2.78 bits per heavy atom. The van der Waals surface area contributed by atoms with E-state index in [0.717, 1.165) is 53.7 Å². The Morgan fingerprint density at radius 1 is 1.35 bits per heavy atom. The average Bonchev–Trinajstić information content (AvgIpc) is 2.52. The van der Waals surface area contributed by atoms with Crippen molar-refractivity contribution in [1.82, 2.24) is 15.5 Å². The molecular formula is C16H26BrClN4O. The smallest absolute Gasteiger partial charge is 0.191 e. The Hall–Kier alpha value is -0.820. The van der Waals surface area contributed by atoms with Crippen LogP contribution < -0.4 is 10.6 Å². The van der Waals surface area contributed by atoms with E-state index >= 15 is 0 Å². The molecule has 2 N–H and O–H groups in total. The molecule has 23 heavy (non-hydrogen) atoms.